The number of aromatic nitrogens is 3. The molecule has 1 aliphatic heterocycles. The summed E-state index contributed by atoms with van der Waals surface area (Å²) in [6.45, 7) is 3.00. The summed E-state index contributed by atoms with van der Waals surface area (Å²) in [7, 11) is 2.18. The van der Waals surface area contributed by atoms with Gasteiger partial charge in [0.15, 0.2) is 5.82 Å². The molecule has 0 atom stereocenters. The molecule has 1 aliphatic carbocycles. The third-order valence-corrected chi connectivity index (χ3v) is 6.13. The molecule has 2 aliphatic rings. The lowest BCUT2D eigenvalue weighted by molar-refractivity contribution is -0.120. The van der Waals surface area contributed by atoms with Gasteiger partial charge in [0.05, 0.1) is 0 Å². The average molecular weight is 367 g/mol. The number of hydrogen-bond acceptors (Lipinski definition) is 4. The summed E-state index contributed by atoms with van der Waals surface area (Å²) in [6.07, 6.45) is 5.73. The zero-order chi connectivity index (χ0) is 18.9. The van der Waals surface area contributed by atoms with Gasteiger partial charge in [-0.2, -0.15) is 5.10 Å². The van der Waals surface area contributed by atoms with E-state index in [1.165, 1.54) is 18.4 Å². The second-order valence-corrected chi connectivity index (χ2v) is 8.21. The van der Waals surface area contributed by atoms with E-state index in [0.29, 0.717) is 5.92 Å². The summed E-state index contributed by atoms with van der Waals surface area (Å²) >= 11 is 0. The molecular formula is C21H29N5O. The third-order valence-electron chi connectivity index (χ3n) is 6.13. The third kappa shape index (κ3) is 3.90. The maximum Gasteiger partial charge on any atom is 0.231 e. The van der Waals surface area contributed by atoms with Gasteiger partial charge in [0.25, 0.3) is 0 Å². The van der Waals surface area contributed by atoms with Crippen molar-refractivity contribution >= 4 is 5.91 Å². The molecule has 0 bridgehead atoms. The fourth-order valence-electron chi connectivity index (χ4n) is 4.09. The number of amides is 1. The number of nitrogens with two attached hydrogens (primary N) is 1. The van der Waals surface area contributed by atoms with Crippen molar-refractivity contribution in [2.45, 2.75) is 50.5 Å². The van der Waals surface area contributed by atoms with Gasteiger partial charge in [-0.05, 0) is 63.7 Å². The number of carbonyl (C=O) groups excluding carboxylic acids is 1. The predicted molar refractivity (Wildman–Crippen MR) is 104 cm³/mol. The molecule has 0 unspecified atom stereocenters. The molecule has 1 aromatic heterocycles. The van der Waals surface area contributed by atoms with Crippen molar-refractivity contribution in [3.05, 3.63) is 47.5 Å². The van der Waals surface area contributed by atoms with Crippen LogP contribution >= 0.6 is 0 Å². The second kappa shape index (κ2) is 7.43. The lowest BCUT2D eigenvalue weighted by Crippen LogP contribution is -2.32. The molecule has 4 rings (SSSR count). The Kier molecular flexibility index (Phi) is 5.00. The van der Waals surface area contributed by atoms with Crippen LogP contribution in [0.25, 0.3) is 0 Å². The van der Waals surface area contributed by atoms with Gasteiger partial charge < -0.3 is 10.6 Å². The van der Waals surface area contributed by atoms with E-state index < -0.39 is 5.41 Å². The summed E-state index contributed by atoms with van der Waals surface area (Å²) in [4.78, 5) is 19.3. The minimum Gasteiger partial charge on any atom is -0.369 e. The largest absolute Gasteiger partial charge is 0.369 e. The fourth-order valence-corrected chi connectivity index (χ4v) is 4.09. The van der Waals surface area contributed by atoms with Crippen LogP contribution in [-0.4, -0.2) is 45.7 Å². The minimum absolute atomic E-state index is 0.262. The summed E-state index contributed by atoms with van der Waals surface area (Å²) in [5, 5.41) is 4.81. The number of aryl methyl sites for hydroxylation is 2. The molecule has 2 heterocycles. The highest BCUT2D eigenvalue weighted by Gasteiger charge is 2.54. The Hall–Kier alpha value is -2.21. The molecule has 6 nitrogen and oxygen atoms in total. The predicted octanol–water partition coefficient (Wildman–Crippen LogP) is 1.92. The van der Waals surface area contributed by atoms with E-state index in [9.17, 15) is 4.79 Å². The first-order chi connectivity index (χ1) is 13.1. The van der Waals surface area contributed by atoms with Gasteiger partial charge in [0.1, 0.15) is 11.2 Å². The Morgan fingerprint density at radius 1 is 1.22 bits per heavy atom. The SMILES string of the molecule is CN1CCC(Cc2nc(C3(C(N)=O)CC3)n(CCc3ccccc3)n2)CC1. The van der Waals surface area contributed by atoms with E-state index in [1.807, 2.05) is 10.7 Å². The van der Waals surface area contributed by atoms with Crippen molar-refractivity contribution in [3.63, 3.8) is 0 Å². The zero-order valence-corrected chi connectivity index (χ0v) is 16.1. The van der Waals surface area contributed by atoms with Gasteiger partial charge in [0, 0.05) is 13.0 Å². The molecule has 2 aromatic rings. The van der Waals surface area contributed by atoms with Crippen LogP contribution in [0.15, 0.2) is 30.3 Å². The Bertz CT molecular complexity index is 788. The van der Waals surface area contributed by atoms with Gasteiger partial charge >= 0.3 is 0 Å². The van der Waals surface area contributed by atoms with Crippen LogP contribution in [0.1, 0.15) is 42.9 Å². The van der Waals surface area contributed by atoms with Crippen molar-refractivity contribution < 1.29 is 4.79 Å². The van der Waals surface area contributed by atoms with Crippen molar-refractivity contribution in [3.8, 4) is 0 Å². The molecular weight excluding hydrogens is 338 g/mol. The first kappa shape index (κ1) is 18.2. The minimum atomic E-state index is -0.589. The number of likely N-dealkylation sites (tertiary alicyclic amines) is 1. The summed E-state index contributed by atoms with van der Waals surface area (Å²) in [5.41, 5.74) is 6.40. The molecule has 1 amide bonds. The number of hydrogen-bond donors (Lipinski definition) is 1. The van der Waals surface area contributed by atoms with Crippen LogP contribution in [0.2, 0.25) is 0 Å². The van der Waals surface area contributed by atoms with E-state index in [2.05, 4.69) is 36.2 Å². The fraction of sp³-hybridized carbons (Fsp3) is 0.571. The molecule has 2 N–H and O–H groups in total. The summed E-state index contributed by atoms with van der Waals surface area (Å²) in [5.74, 6) is 2.03. The normalized spacial score (nSPS) is 19.9. The topological polar surface area (TPSA) is 77.0 Å². The van der Waals surface area contributed by atoms with E-state index in [0.717, 1.165) is 57.0 Å². The highest BCUT2D eigenvalue weighted by Crippen LogP contribution is 2.47. The van der Waals surface area contributed by atoms with Gasteiger partial charge in [-0.1, -0.05) is 30.3 Å². The average Bonchev–Trinajstić information content (AvgIpc) is 3.39. The highest BCUT2D eigenvalue weighted by molar-refractivity contribution is 5.88. The quantitative estimate of drug-likeness (QED) is 0.811. The number of primary amides is 1. The van der Waals surface area contributed by atoms with E-state index >= 15 is 0 Å². The van der Waals surface area contributed by atoms with Crippen molar-refractivity contribution in [1.82, 2.24) is 19.7 Å². The summed E-state index contributed by atoms with van der Waals surface area (Å²) < 4.78 is 1.95. The van der Waals surface area contributed by atoms with Crippen LogP contribution in [0.3, 0.4) is 0 Å². The van der Waals surface area contributed by atoms with Crippen LogP contribution < -0.4 is 5.73 Å². The van der Waals surface area contributed by atoms with Crippen LogP contribution in [0.4, 0.5) is 0 Å². The van der Waals surface area contributed by atoms with E-state index in [4.69, 9.17) is 15.8 Å². The molecule has 144 valence electrons. The summed E-state index contributed by atoms with van der Waals surface area (Å²) in [6, 6.07) is 10.4. The molecule has 0 radical (unpaired) electrons. The molecule has 1 saturated heterocycles. The molecule has 27 heavy (non-hydrogen) atoms. The van der Waals surface area contributed by atoms with Gasteiger partial charge in [-0.15, -0.1) is 0 Å². The Morgan fingerprint density at radius 3 is 2.56 bits per heavy atom. The van der Waals surface area contributed by atoms with Gasteiger partial charge in [-0.25, -0.2) is 9.67 Å². The smallest absolute Gasteiger partial charge is 0.231 e. The Balaban J connectivity index is 1.53. The maximum atomic E-state index is 12.1. The van der Waals surface area contributed by atoms with E-state index in [1.54, 1.807) is 0 Å². The maximum absolute atomic E-state index is 12.1. The highest BCUT2D eigenvalue weighted by atomic mass is 16.1. The molecule has 6 heteroatoms. The van der Waals surface area contributed by atoms with Gasteiger partial charge in [0.2, 0.25) is 5.91 Å². The van der Waals surface area contributed by atoms with Crippen molar-refractivity contribution in [1.29, 1.82) is 0 Å². The van der Waals surface area contributed by atoms with Crippen molar-refractivity contribution in [2.24, 2.45) is 11.7 Å². The number of benzene rings is 1. The van der Waals surface area contributed by atoms with Gasteiger partial charge in [-0.3, -0.25) is 4.79 Å². The van der Waals surface area contributed by atoms with Crippen LogP contribution in [0, 0.1) is 5.92 Å². The molecule has 2 fully saturated rings. The monoisotopic (exact) mass is 367 g/mol. The van der Waals surface area contributed by atoms with E-state index in [-0.39, 0.29) is 5.91 Å². The standard InChI is InChI=1S/C21H29N5O/c1-25-12-7-17(8-13-25)15-18-23-20(21(10-11-21)19(22)27)26(24-18)14-9-16-5-3-2-4-6-16/h2-6,17H,7-15H2,1H3,(H2,22,27). The number of rotatable bonds is 7. The Morgan fingerprint density at radius 2 is 1.93 bits per heavy atom. The van der Waals surface area contributed by atoms with Crippen LogP contribution in [-0.2, 0) is 29.6 Å². The van der Waals surface area contributed by atoms with Crippen LogP contribution in [0.5, 0.6) is 0 Å². The van der Waals surface area contributed by atoms with Crippen molar-refractivity contribution in [2.75, 3.05) is 20.1 Å². The molecule has 1 aromatic carbocycles. The zero-order valence-electron chi connectivity index (χ0n) is 16.1. The lowest BCUT2D eigenvalue weighted by Gasteiger charge is -2.28. The second-order valence-electron chi connectivity index (χ2n) is 8.21. The number of piperidine rings is 1. The first-order valence-electron chi connectivity index (χ1n) is 10.0. The molecule has 0 spiro atoms. The first-order valence-corrected chi connectivity index (χ1v) is 10.0. The lowest BCUT2D eigenvalue weighted by atomic mass is 9.93. The Labute approximate surface area is 160 Å². The number of nitrogens with zero attached hydrogens (tertiary/aromatic N) is 4. The number of carbonyl (C=O) groups is 1. The molecule has 1 saturated carbocycles.